The zero-order valence-electron chi connectivity index (χ0n) is 19.0. The van der Waals surface area contributed by atoms with Gasteiger partial charge in [0.25, 0.3) is 5.91 Å². The van der Waals surface area contributed by atoms with Crippen molar-refractivity contribution in [2.45, 2.75) is 13.0 Å². The van der Waals surface area contributed by atoms with Gasteiger partial charge in [-0.2, -0.15) is 10.1 Å². The maximum absolute atomic E-state index is 13.6. The van der Waals surface area contributed by atoms with Gasteiger partial charge in [0.1, 0.15) is 23.9 Å². The summed E-state index contributed by atoms with van der Waals surface area (Å²) in [5.41, 5.74) is 2.42. The lowest BCUT2D eigenvalue weighted by molar-refractivity contribution is -0.113. The molecule has 1 amide bonds. The summed E-state index contributed by atoms with van der Waals surface area (Å²) in [4.78, 5) is 17.8. The minimum atomic E-state index is -0.548. The molecular formula is C23H25N5O5. The van der Waals surface area contributed by atoms with Crippen LogP contribution >= 0.6 is 0 Å². The number of rotatable bonds is 7. The Morgan fingerprint density at radius 2 is 1.73 bits per heavy atom. The van der Waals surface area contributed by atoms with E-state index >= 15 is 0 Å². The smallest absolute Gasteiger partial charge is 0.255 e. The SMILES string of the molecule is COc1ccc(NC(=O)C2=C(C)Nc3ncnn3[C@H]2c2ccc(OC)c(OC)c2)c(OC)c1. The van der Waals surface area contributed by atoms with Gasteiger partial charge in [0.15, 0.2) is 11.5 Å². The van der Waals surface area contributed by atoms with Gasteiger partial charge in [-0.3, -0.25) is 4.79 Å². The van der Waals surface area contributed by atoms with E-state index < -0.39 is 6.04 Å². The molecule has 1 atom stereocenters. The van der Waals surface area contributed by atoms with Crippen LogP contribution in [0.3, 0.4) is 0 Å². The minimum Gasteiger partial charge on any atom is -0.497 e. The highest BCUT2D eigenvalue weighted by atomic mass is 16.5. The maximum Gasteiger partial charge on any atom is 0.255 e. The van der Waals surface area contributed by atoms with E-state index in [1.807, 2.05) is 19.1 Å². The number of hydrogen-bond acceptors (Lipinski definition) is 8. The molecule has 1 aromatic heterocycles. The number of nitrogens with one attached hydrogen (secondary N) is 2. The molecule has 2 N–H and O–H groups in total. The fourth-order valence-electron chi connectivity index (χ4n) is 3.81. The average molecular weight is 451 g/mol. The molecule has 1 aliphatic rings. The van der Waals surface area contributed by atoms with E-state index in [0.717, 1.165) is 5.56 Å². The van der Waals surface area contributed by atoms with Gasteiger partial charge in [-0.25, -0.2) is 4.68 Å². The Kier molecular flexibility index (Phi) is 6.07. The highest BCUT2D eigenvalue weighted by Gasteiger charge is 2.34. The zero-order valence-corrected chi connectivity index (χ0v) is 19.0. The number of aromatic nitrogens is 3. The van der Waals surface area contributed by atoms with Crippen LogP contribution in [0.1, 0.15) is 18.5 Å². The quantitative estimate of drug-likeness (QED) is 0.564. The number of fused-ring (bicyclic) bond motifs is 1. The number of benzene rings is 2. The van der Waals surface area contributed by atoms with E-state index in [-0.39, 0.29) is 5.91 Å². The molecule has 4 rings (SSSR count). The third-order valence-electron chi connectivity index (χ3n) is 5.42. The van der Waals surface area contributed by atoms with E-state index in [4.69, 9.17) is 18.9 Å². The van der Waals surface area contributed by atoms with Gasteiger partial charge in [-0.05, 0) is 36.8 Å². The number of ether oxygens (including phenoxy) is 4. The molecule has 3 aromatic rings. The number of hydrogen-bond donors (Lipinski definition) is 2. The fourth-order valence-corrected chi connectivity index (χ4v) is 3.81. The number of allylic oxidation sites excluding steroid dienone is 1. The van der Waals surface area contributed by atoms with Crippen molar-refractivity contribution < 1.29 is 23.7 Å². The first kappa shape index (κ1) is 22.0. The normalized spacial score (nSPS) is 14.8. The maximum atomic E-state index is 13.6. The Morgan fingerprint density at radius 1 is 0.970 bits per heavy atom. The Hall–Kier alpha value is -4.21. The molecule has 33 heavy (non-hydrogen) atoms. The number of amides is 1. The van der Waals surface area contributed by atoms with Gasteiger partial charge in [-0.1, -0.05) is 6.07 Å². The molecule has 0 unspecified atom stereocenters. The van der Waals surface area contributed by atoms with Gasteiger partial charge < -0.3 is 29.6 Å². The van der Waals surface area contributed by atoms with Crippen molar-refractivity contribution in [2.24, 2.45) is 0 Å². The highest BCUT2D eigenvalue weighted by molar-refractivity contribution is 6.06. The lowest BCUT2D eigenvalue weighted by Gasteiger charge is -2.29. The molecular weight excluding hydrogens is 426 g/mol. The lowest BCUT2D eigenvalue weighted by atomic mass is 9.94. The number of anilines is 2. The summed E-state index contributed by atoms with van der Waals surface area (Å²) in [5.74, 6) is 2.45. The van der Waals surface area contributed by atoms with Crippen molar-refractivity contribution in [3.05, 3.63) is 59.6 Å². The summed E-state index contributed by atoms with van der Waals surface area (Å²) in [7, 11) is 6.24. The number of methoxy groups -OCH3 is 4. The Morgan fingerprint density at radius 3 is 2.42 bits per heavy atom. The summed E-state index contributed by atoms with van der Waals surface area (Å²) >= 11 is 0. The molecule has 172 valence electrons. The fraction of sp³-hybridized carbons (Fsp3) is 0.261. The predicted molar refractivity (Wildman–Crippen MR) is 122 cm³/mol. The van der Waals surface area contributed by atoms with Gasteiger partial charge in [0.2, 0.25) is 5.95 Å². The summed E-state index contributed by atoms with van der Waals surface area (Å²) in [6.07, 6.45) is 1.44. The molecule has 0 saturated heterocycles. The monoisotopic (exact) mass is 451 g/mol. The van der Waals surface area contributed by atoms with Crippen molar-refractivity contribution in [2.75, 3.05) is 39.1 Å². The molecule has 0 radical (unpaired) electrons. The van der Waals surface area contributed by atoms with Crippen LogP contribution in [-0.4, -0.2) is 49.1 Å². The second-order valence-corrected chi connectivity index (χ2v) is 7.23. The lowest BCUT2D eigenvalue weighted by Crippen LogP contribution is -2.31. The Labute approximate surface area is 191 Å². The molecule has 10 nitrogen and oxygen atoms in total. The first-order valence-corrected chi connectivity index (χ1v) is 10.1. The number of nitrogens with zero attached hydrogens (tertiary/aromatic N) is 3. The first-order chi connectivity index (χ1) is 16.0. The van der Waals surface area contributed by atoms with Crippen LogP contribution in [0, 0.1) is 0 Å². The molecule has 1 aliphatic heterocycles. The van der Waals surface area contributed by atoms with Crippen molar-refractivity contribution in [1.82, 2.24) is 14.8 Å². The molecule has 10 heteroatoms. The molecule has 0 spiro atoms. The summed E-state index contributed by atoms with van der Waals surface area (Å²) in [6, 6.07) is 10.1. The summed E-state index contributed by atoms with van der Waals surface area (Å²) < 4.78 is 23.2. The topological polar surface area (TPSA) is 109 Å². The first-order valence-electron chi connectivity index (χ1n) is 10.1. The van der Waals surface area contributed by atoms with Crippen LogP contribution in [0.4, 0.5) is 11.6 Å². The van der Waals surface area contributed by atoms with Crippen LogP contribution in [-0.2, 0) is 4.79 Å². The predicted octanol–water partition coefficient (Wildman–Crippen LogP) is 3.24. The third kappa shape index (κ3) is 4.02. The largest absolute Gasteiger partial charge is 0.497 e. The van der Waals surface area contributed by atoms with Crippen LogP contribution < -0.4 is 29.6 Å². The minimum absolute atomic E-state index is 0.315. The van der Waals surface area contributed by atoms with Gasteiger partial charge in [0.05, 0.1) is 39.7 Å². The van der Waals surface area contributed by atoms with Gasteiger partial charge >= 0.3 is 0 Å². The van der Waals surface area contributed by atoms with E-state index in [2.05, 4.69) is 20.7 Å². The number of carbonyl (C=O) groups is 1. The van der Waals surface area contributed by atoms with E-state index in [9.17, 15) is 4.79 Å². The summed E-state index contributed by atoms with van der Waals surface area (Å²) in [6.45, 7) is 1.83. The summed E-state index contributed by atoms with van der Waals surface area (Å²) in [5, 5.41) is 10.5. The zero-order chi connectivity index (χ0) is 23.5. The van der Waals surface area contributed by atoms with Crippen LogP contribution in [0.5, 0.6) is 23.0 Å². The second kappa shape index (κ2) is 9.11. The second-order valence-electron chi connectivity index (χ2n) is 7.23. The average Bonchev–Trinajstić information content (AvgIpc) is 3.30. The van der Waals surface area contributed by atoms with Crippen LogP contribution in [0.2, 0.25) is 0 Å². The molecule has 2 aromatic carbocycles. The van der Waals surface area contributed by atoms with E-state index in [0.29, 0.717) is 45.9 Å². The van der Waals surface area contributed by atoms with Crippen molar-refractivity contribution >= 4 is 17.5 Å². The molecule has 2 heterocycles. The van der Waals surface area contributed by atoms with Gasteiger partial charge in [-0.15, -0.1) is 0 Å². The highest BCUT2D eigenvalue weighted by Crippen LogP contribution is 2.39. The standard InChI is InChI=1S/C23H25N5O5/c1-13-20(22(29)27-16-8-7-15(30-2)11-18(16)32-4)21(28-23(26-13)24-12-25-28)14-6-9-17(31-3)19(10-14)33-5/h6-12,21H,1-5H3,(H,27,29)(H,24,25,26)/t21-/m0/s1. The van der Waals surface area contributed by atoms with Gasteiger partial charge in [0, 0.05) is 11.8 Å². The van der Waals surface area contributed by atoms with Crippen molar-refractivity contribution in [1.29, 1.82) is 0 Å². The number of carbonyl (C=O) groups excluding carboxylic acids is 1. The molecule has 0 bridgehead atoms. The van der Waals surface area contributed by atoms with E-state index in [1.54, 1.807) is 50.3 Å². The molecule has 0 saturated carbocycles. The Bertz CT molecular complexity index is 1220. The van der Waals surface area contributed by atoms with Crippen molar-refractivity contribution in [3.8, 4) is 23.0 Å². The third-order valence-corrected chi connectivity index (χ3v) is 5.42. The van der Waals surface area contributed by atoms with Crippen LogP contribution in [0.15, 0.2) is 54.0 Å². The molecule has 0 fully saturated rings. The van der Waals surface area contributed by atoms with Crippen LogP contribution in [0.25, 0.3) is 0 Å². The Balaban J connectivity index is 1.77. The van der Waals surface area contributed by atoms with E-state index in [1.165, 1.54) is 13.4 Å². The molecule has 0 aliphatic carbocycles. The van der Waals surface area contributed by atoms with Crippen molar-refractivity contribution in [3.63, 3.8) is 0 Å².